The van der Waals surface area contributed by atoms with Crippen LogP contribution in [0.25, 0.3) is 0 Å². The molecule has 0 bridgehead atoms. The number of nitrogens with one attached hydrogen (secondary N) is 1. The molecule has 1 N–H and O–H groups in total. The van der Waals surface area contributed by atoms with Crippen LogP contribution in [0, 0.1) is 6.92 Å². The van der Waals surface area contributed by atoms with Gasteiger partial charge in [-0.3, -0.25) is 9.59 Å². The summed E-state index contributed by atoms with van der Waals surface area (Å²) in [5, 5.41) is 0.580. The Hall–Kier alpha value is -3.28. The molecule has 0 aliphatic heterocycles. The van der Waals surface area contributed by atoms with Gasteiger partial charge in [-0.1, -0.05) is 49.4 Å². The molecule has 1 saturated carbocycles. The van der Waals surface area contributed by atoms with Crippen LogP contribution in [0.4, 0.5) is 0 Å². The van der Waals surface area contributed by atoms with Gasteiger partial charge >= 0.3 is 10.2 Å². The van der Waals surface area contributed by atoms with Crippen LogP contribution in [-0.2, 0) is 27.0 Å². The lowest BCUT2D eigenvalue weighted by Crippen LogP contribution is -2.40. The van der Waals surface area contributed by atoms with E-state index in [1.807, 2.05) is 52.1 Å². The van der Waals surface area contributed by atoms with Crippen LogP contribution in [0.2, 0.25) is 0 Å². The smallest absolute Gasteiger partial charge is 0.303 e. The fourth-order valence-electron chi connectivity index (χ4n) is 4.66. The molecule has 1 fully saturated rings. The number of thiazole rings is 1. The number of aromatic nitrogens is 1. The number of aryl methyl sites for hydroxylation is 1. The Morgan fingerprint density at radius 1 is 1.10 bits per heavy atom. The van der Waals surface area contributed by atoms with Crippen molar-refractivity contribution in [2.75, 3.05) is 27.7 Å². The Morgan fingerprint density at radius 2 is 1.75 bits per heavy atom. The van der Waals surface area contributed by atoms with Crippen LogP contribution in [0.3, 0.4) is 0 Å². The van der Waals surface area contributed by atoms with Crippen molar-refractivity contribution in [2.24, 2.45) is 0 Å². The normalized spacial score (nSPS) is 14.9. The minimum atomic E-state index is -3.96. The van der Waals surface area contributed by atoms with Gasteiger partial charge in [0.1, 0.15) is 16.5 Å². The monoisotopic (exact) mass is 584 g/mol. The van der Waals surface area contributed by atoms with E-state index in [4.69, 9.17) is 4.74 Å². The largest absolute Gasteiger partial charge is 0.497 e. The van der Waals surface area contributed by atoms with E-state index >= 15 is 0 Å². The number of hydrogen-bond donors (Lipinski definition) is 1. The van der Waals surface area contributed by atoms with Gasteiger partial charge in [0.15, 0.2) is 0 Å². The molecule has 1 aliphatic rings. The Balaban J connectivity index is 1.58. The van der Waals surface area contributed by atoms with Crippen LogP contribution < -0.4 is 9.46 Å². The molecule has 3 aromatic rings. The SMILES string of the molecule is COc1ccc(C2(C(=O)N(CCC(C)c3ccccc3)Cc3nc(C(=O)NS(=O)(=O)N(C)C)c(C)s3)CC2)cc1. The number of rotatable bonds is 12. The molecule has 1 atom stereocenters. The van der Waals surface area contributed by atoms with Crippen LogP contribution in [0.15, 0.2) is 54.6 Å². The third-order valence-electron chi connectivity index (χ3n) is 7.37. The summed E-state index contributed by atoms with van der Waals surface area (Å²) in [5.41, 5.74) is 1.63. The Labute approximate surface area is 240 Å². The van der Waals surface area contributed by atoms with Gasteiger partial charge in [0.25, 0.3) is 5.91 Å². The zero-order valence-corrected chi connectivity index (χ0v) is 25.1. The maximum atomic E-state index is 14.1. The number of ether oxygens (including phenoxy) is 1. The Morgan fingerprint density at radius 3 is 2.33 bits per heavy atom. The minimum Gasteiger partial charge on any atom is -0.497 e. The van der Waals surface area contributed by atoms with Crippen molar-refractivity contribution in [3.8, 4) is 5.75 Å². The zero-order valence-electron chi connectivity index (χ0n) is 23.5. The van der Waals surface area contributed by atoms with Gasteiger partial charge in [0.05, 0.1) is 19.1 Å². The van der Waals surface area contributed by atoms with E-state index in [0.717, 1.165) is 34.9 Å². The van der Waals surface area contributed by atoms with Crippen LogP contribution in [-0.4, -0.2) is 62.2 Å². The lowest BCUT2D eigenvalue weighted by atomic mass is 9.93. The summed E-state index contributed by atoms with van der Waals surface area (Å²) < 4.78 is 32.6. The second kappa shape index (κ2) is 12.1. The number of carbonyl (C=O) groups is 2. The molecular formula is C29H36N4O5S2. The average Bonchev–Trinajstić information content (AvgIpc) is 3.67. The quantitative estimate of drug-likeness (QED) is 0.341. The van der Waals surface area contributed by atoms with Gasteiger partial charge < -0.3 is 9.64 Å². The van der Waals surface area contributed by atoms with Gasteiger partial charge in [-0.15, -0.1) is 11.3 Å². The van der Waals surface area contributed by atoms with E-state index in [1.54, 1.807) is 14.0 Å². The van der Waals surface area contributed by atoms with Crippen molar-refractivity contribution in [1.82, 2.24) is 18.9 Å². The molecule has 0 spiro atoms. The summed E-state index contributed by atoms with van der Waals surface area (Å²) in [6, 6.07) is 17.9. The van der Waals surface area contributed by atoms with E-state index < -0.39 is 21.5 Å². The van der Waals surface area contributed by atoms with E-state index in [2.05, 4.69) is 24.0 Å². The van der Waals surface area contributed by atoms with Gasteiger partial charge in [-0.2, -0.15) is 12.7 Å². The second-order valence-electron chi connectivity index (χ2n) is 10.4. The third-order valence-corrected chi connectivity index (χ3v) is 9.73. The first-order valence-corrected chi connectivity index (χ1v) is 15.4. The van der Waals surface area contributed by atoms with Crippen molar-refractivity contribution >= 4 is 33.4 Å². The number of benzene rings is 2. The summed E-state index contributed by atoms with van der Waals surface area (Å²) in [6.07, 6.45) is 2.28. The third kappa shape index (κ3) is 6.54. The maximum absolute atomic E-state index is 14.1. The molecule has 2 amide bonds. The van der Waals surface area contributed by atoms with Gasteiger partial charge in [-0.05, 0) is 55.4 Å². The Kier molecular flexibility index (Phi) is 8.96. The molecule has 40 heavy (non-hydrogen) atoms. The molecule has 1 heterocycles. The predicted molar refractivity (Wildman–Crippen MR) is 156 cm³/mol. The van der Waals surface area contributed by atoms with Crippen molar-refractivity contribution in [3.63, 3.8) is 0 Å². The number of amides is 2. The molecule has 4 rings (SSSR count). The van der Waals surface area contributed by atoms with E-state index in [-0.39, 0.29) is 24.1 Å². The topological polar surface area (TPSA) is 109 Å². The number of carbonyl (C=O) groups excluding carboxylic acids is 2. The minimum absolute atomic E-state index is 0.0342. The first-order chi connectivity index (χ1) is 19.0. The lowest BCUT2D eigenvalue weighted by Gasteiger charge is -2.28. The highest BCUT2D eigenvalue weighted by Gasteiger charge is 2.53. The highest BCUT2D eigenvalue weighted by Crippen LogP contribution is 2.50. The molecule has 0 saturated heterocycles. The van der Waals surface area contributed by atoms with Crippen molar-refractivity contribution < 1.29 is 22.7 Å². The van der Waals surface area contributed by atoms with Crippen molar-refractivity contribution in [2.45, 2.75) is 51.0 Å². The Bertz CT molecular complexity index is 1450. The van der Waals surface area contributed by atoms with E-state index in [9.17, 15) is 18.0 Å². The number of nitrogens with zero attached hydrogens (tertiary/aromatic N) is 3. The first kappa shape index (κ1) is 29.7. The molecule has 1 unspecified atom stereocenters. The molecule has 0 radical (unpaired) electrons. The average molecular weight is 585 g/mol. The molecular weight excluding hydrogens is 548 g/mol. The van der Waals surface area contributed by atoms with E-state index in [1.165, 1.54) is 31.0 Å². The molecule has 11 heteroatoms. The highest BCUT2D eigenvalue weighted by molar-refractivity contribution is 7.87. The summed E-state index contributed by atoms with van der Waals surface area (Å²) >= 11 is 1.29. The van der Waals surface area contributed by atoms with Crippen LogP contribution >= 0.6 is 11.3 Å². The lowest BCUT2D eigenvalue weighted by molar-refractivity contribution is -0.134. The van der Waals surface area contributed by atoms with Crippen molar-refractivity contribution in [3.05, 3.63) is 81.3 Å². The number of hydrogen-bond acceptors (Lipinski definition) is 7. The second-order valence-corrected chi connectivity index (χ2v) is 13.5. The van der Waals surface area contributed by atoms with Gasteiger partial charge in [-0.25, -0.2) is 9.71 Å². The fourth-order valence-corrected chi connectivity index (χ4v) is 6.12. The van der Waals surface area contributed by atoms with Gasteiger partial charge in [0.2, 0.25) is 5.91 Å². The fraction of sp³-hybridized carbons (Fsp3) is 0.414. The van der Waals surface area contributed by atoms with Crippen LogP contribution in [0.1, 0.15) is 63.6 Å². The summed E-state index contributed by atoms with van der Waals surface area (Å²) in [4.78, 5) is 33.8. The summed E-state index contributed by atoms with van der Waals surface area (Å²) in [5.74, 6) is 0.220. The summed E-state index contributed by atoms with van der Waals surface area (Å²) in [6.45, 7) is 4.62. The van der Waals surface area contributed by atoms with Gasteiger partial charge in [0, 0.05) is 25.5 Å². The molecule has 2 aromatic carbocycles. The molecule has 214 valence electrons. The highest BCUT2D eigenvalue weighted by atomic mass is 32.2. The summed E-state index contributed by atoms with van der Waals surface area (Å²) in [7, 11) is 0.336. The first-order valence-electron chi connectivity index (χ1n) is 13.2. The molecule has 1 aliphatic carbocycles. The van der Waals surface area contributed by atoms with Crippen LogP contribution in [0.5, 0.6) is 5.75 Å². The molecule has 9 nitrogen and oxygen atoms in total. The van der Waals surface area contributed by atoms with E-state index in [0.29, 0.717) is 16.4 Å². The van der Waals surface area contributed by atoms with Crippen molar-refractivity contribution in [1.29, 1.82) is 0 Å². The zero-order chi connectivity index (χ0) is 29.1. The predicted octanol–water partition coefficient (Wildman–Crippen LogP) is 4.25. The molecule has 1 aromatic heterocycles. The standard InChI is InChI=1S/C29H36N4O5S2/c1-20(22-9-7-6-8-10-22)15-18-33(28(35)29(16-17-29)23-11-13-24(38-5)14-12-23)19-25-30-26(21(2)39-25)27(34)31-40(36,37)32(3)4/h6-14,20H,15-19H2,1-5H3,(H,31,34). The maximum Gasteiger partial charge on any atom is 0.303 e. The number of methoxy groups -OCH3 is 1.